The first-order valence-corrected chi connectivity index (χ1v) is 7.64. The van der Waals surface area contributed by atoms with Crippen molar-refractivity contribution in [3.8, 4) is 0 Å². The molecule has 0 aromatic carbocycles. The molecule has 0 fully saturated rings. The maximum absolute atomic E-state index is 10.1. The van der Waals surface area contributed by atoms with Gasteiger partial charge in [0.2, 0.25) is 0 Å². The molecule has 1 unspecified atom stereocenters. The van der Waals surface area contributed by atoms with Crippen molar-refractivity contribution in [2.45, 2.75) is 71.1 Å². The molecule has 0 saturated carbocycles. The van der Waals surface area contributed by atoms with Gasteiger partial charge in [0.1, 0.15) is 6.61 Å². The van der Waals surface area contributed by atoms with E-state index in [1.165, 1.54) is 51.4 Å². The van der Waals surface area contributed by atoms with Gasteiger partial charge in [0.25, 0.3) is 0 Å². The first kappa shape index (κ1) is 19.8. The summed E-state index contributed by atoms with van der Waals surface area (Å²) in [6, 6.07) is 0. The van der Waals surface area contributed by atoms with Crippen LogP contribution in [0.1, 0.15) is 71.1 Å². The molecule has 3 nitrogen and oxygen atoms in total. The monoisotopic (exact) mass is 306 g/mol. The van der Waals surface area contributed by atoms with Crippen LogP contribution in [0, 0.1) is 0 Å². The van der Waals surface area contributed by atoms with E-state index in [2.05, 4.69) is 11.4 Å². The molecule has 0 aliphatic carbocycles. The Kier molecular flexibility index (Phi) is 19.3. The Balaban J connectivity index is 0. The van der Waals surface area contributed by atoms with Crippen LogP contribution in [0.15, 0.2) is 0 Å². The van der Waals surface area contributed by atoms with Gasteiger partial charge < -0.3 is 4.89 Å². The van der Waals surface area contributed by atoms with Crippen LogP contribution in [0.5, 0.6) is 0 Å². The fourth-order valence-corrected chi connectivity index (χ4v) is 2.01. The van der Waals surface area contributed by atoms with Gasteiger partial charge in [-0.2, -0.15) is 0 Å². The van der Waals surface area contributed by atoms with Gasteiger partial charge in [-0.25, -0.2) is 0 Å². The van der Waals surface area contributed by atoms with Crippen LogP contribution in [-0.2, 0) is 25.6 Å². The molecule has 0 aromatic rings. The van der Waals surface area contributed by atoms with Crippen molar-refractivity contribution >= 4 is 8.25 Å². The zero-order chi connectivity index (χ0) is 12.1. The molecule has 0 heterocycles. The maximum Gasteiger partial charge on any atom is 2.00 e. The maximum atomic E-state index is 10.1. The second-order valence-electron chi connectivity index (χ2n) is 4.24. The standard InChI is InChI=1S/C12H25O3P.Ni/c1-2-3-4-5-6-7-8-9-10-11-12-15-16(13)14;/h2-12H2,1H3;/q;+2. The average molecular weight is 307 g/mol. The quantitative estimate of drug-likeness (QED) is 0.312. The summed E-state index contributed by atoms with van der Waals surface area (Å²) < 4.78 is 14.5. The van der Waals surface area contributed by atoms with Gasteiger partial charge in [-0.15, -0.1) is 4.52 Å². The summed E-state index contributed by atoms with van der Waals surface area (Å²) in [6.07, 6.45) is 12.5. The number of unbranched alkanes of at least 4 members (excludes halogenated alkanes) is 9. The van der Waals surface area contributed by atoms with E-state index in [9.17, 15) is 9.46 Å². The summed E-state index contributed by atoms with van der Waals surface area (Å²) in [4.78, 5) is 10.1. The molecule has 0 saturated heterocycles. The molecule has 5 heteroatoms. The molecular weight excluding hydrogens is 282 g/mol. The van der Waals surface area contributed by atoms with Crippen LogP contribution in [0.4, 0.5) is 0 Å². The Hall–Kier alpha value is 0.514. The predicted octanol–water partition coefficient (Wildman–Crippen LogP) is 3.94. The van der Waals surface area contributed by atoms with Gasteiger partial charge >= 0.3 is 24.7 Å². The van der Waals surface area contributed by atoms with Gasteiger partial charge in [-0.3, -0.25) is 0 Å². The van der Waals surface area contributed by atoms with Gasteiger partial charge in [0.15, 0.2) is 0 Å². The van der Waals surface area contributed by atoms with Crippen molar-refractivity contribution in [1.82, 2.24) is 0 Å². The molecule has 0 aromatic heterocycles. The third-order valence-electron chi connectivity index (χ3n) is 2.69. The van der Waals surface area contributed by atoms with E-state index in [4.69, 9.17) is 0 Å². The summed E-state index contributed by atoms with van der Waals surface area (Å²) in [5.41, 5.74) is 0. The van der Waals surface area contributed by atoms with Crippen LogP contribution in [0.25, 0.3) is 0 Å². The van der Waals surface area contributed by atoms with Crippen molar-refractivity contribution in [3.63, 3.8) is 0 Å². The van der Waals surface area contributed by atoms with Crippen LogP contribution >= 0.6 is 8.25 Å². The molecule has 0 spiro atoms. The average Bonchev–Trinajstić information content (AvgIpc) is 2.25. The number of hydrogen-bond acceptors (Lipinski definition) is 3. The van der Waals surface area contributed by atoms with Crippen LogP contribution in [0.3, 0.4) is 0 Å². The molecule has 0 radical (unpaired) electrons. The van der Waals surface area contributed by atoms with Gasteiger partial charge in [0, 0.05) is 0 Å². The summed E-state index contributed by atoms with van der Waals surface area (Å²) in [5, 5.41) is 0. The van der Waals surface area contributed by atoms with Crippen LogP contribution in [0.2, 0.25) is 0 Å². The molecule has 104 valence electrons. The Bertz CT molecular complexity index is 168. The summed E-state index contributed by atoms with van der Waals surface area (Å²) >= 11 is 0. The molecule has 0 rings (SSSR count). The largest absolute Gasteiger partial charge is 2.00 e. The fraction of sp³-hybridized carbons (Fsp3) is 1.00. The minimum absolute atomic E-state index is 0. The predicted molar refractivity (Wildman–Crippen MR) is 65.4 cm³/mol. The van der Waals surface area contributed by atoms with Crippen molar-refractivity contribution < 1.29 is 30.5 Å². The van der Waals surface area contributed by atoms with Gasteiger partial charge in [0.05, 0.1) is 0 Å². The number of rotatable bonds is 12. The summed E-state index contributed by atoms with van der Waals surface area (Å²) in [6.45, 7) is 2.59. The zero-order valence-corrected chi connectivity index (χ0v) is 12.6. The van der Waals surface area contributed by atoms with E-state index in [0.29, 0.717) is 6.61 Å². The second kappa shape index (κ2) is 16.5. The molecule has 1 atom stereocenters. The Labute approximate surface area is 117 Å². The number of hydrogen-bond donors (Lipinski definition) is 0. The third kappa shape index (κ3) is 19.0. The first-order valence-electron chi connectivity index (χ1n) is 6.54. The van der Waals surface area contributed by atoms with Gasteiger partial charge in [-0.1, -0.05) is 64.7 Å². The Morgan fingerprint density at radius 3 is 1.71 bits per heavy atom. The molecule has 0 bridgehead atoms. The molecule has 0 aliphatic heterocycles. The van der Waals surface area contributed by atoms with E-state index in [1.807, 2.05) is 0 Å². The van der Waals surface area contributed by atoms with Crippen molar-refractivity contribution in [3.05, 3.63) is 0 Å². The van der Waals surface area contributed by atoms with E-state index in [0.717, 1.165) is 12.8 Å². The van der Waals surface area contributed by atoms with Gasteiger partial charge in [-0.05, 0) is 11.0 Å². The van der Waals surface area contributed by atoms with Crippen molar-refractivity contribution in [1.29, 1.82) is 0 Å². The first-order chi connectivity index (χ1) is 7.77. The Morgan fingerprint density at radius 2 is 1.29 bits per heavy atom. The smallest absolute Gasteiger partial charge is 0.566 e. The van der Waals surface area contributed by atoms with E-state index >= 15 is 0 Å². The zero-order valence-electron chi connectivity index (χ0n) is 10.8. The molecule has 0 amide bonds. The molecule has 17 heavy (non-hydrogen) atoms. The van der Waals surface area contributed by atoms with E-state index in [1.54, 1.807) is 0 Å². The van der Waals surface area contributed by atoms with E-state index < -0.39 is 8.25 Å². The SMILES string of the molecule is CCCCCCCCCCCCO[P+](=O)[O-].[Ni+2]. The fourth-order valence-electron chi connectivity index (χ4n) is 1.73. The van der Waals surface area contributed by atoms with Crippen LogP contribution < -0.4 is 4.89 Å². The third-order valence-corrected chi connectivity index (χ3v) is 3.09. The second-order valence-corrected chi connectivity index (χ2v) is 4.94. The molecular formula is C12H25NiO3P+2. The minimum Gasteiger partial charge on any atom is -0.566 e. The Morgan fingerprint density at radius 1 is 0.882 bits per heavy atom. The topological polar surface area (TPSA) is 49.4 Å². The summed E-state index contributed by atoms with van der Waals surface area (Å²) in [7, 11) is -2.64. The molecule has 0 N–H and O–H groups in total. The van der Waals surface area contributed by atoms with Crippen molar-refractivity contribution in [2.75, 3.05) is 6.61 Å². The normalized spacial score (nSPS) is 11.1. The minimum atomic E-state index is -2.64. The van der Waals surface area contributed by atoms with Crippen molar-refractivity contribution in [2.24, 2.45) is 0 Å². The molecule has 0 aliphatic rings. The summed E-state index contributed by atoms with van der Waals surface area (Å²) in [5.74, 6) is 0. The van der Waals surface area contributed by atoms with Crippen LogP contribution in [-0.4, -0.2) is 6.61 Å². The van der Waals surface area contributed by atoms with E-state index in [-0.39, 0.29) is 16.5 Å².